The van der Waals surface area contributed by atoms with Gasteiger partial charge in [-0.3, -0.25) is 4.79 Å². The van der Waals surface area contributed by atoms with E-state index in [1.165, 1.54) is 0 Å². The molecule has 7 nitrogen and oxygen atoms in total. The van der Waals surface area contributed by atoms with Crippen molar-refractivity contribution in [2.24, 2.45) is 0 Å². The largest absolute Gasteiger partial charge is 0.497 e. The van der Waals surface area contributed by atoms with E-state index in [2.05, 4.69) is 10.1 Å². The lowest BCUT2D eigenvalue weighted by atomic mass is 10.1. The molecular weight excluding hydrogens is 382 g/mol. The average Bonchev–Trinajstić information content (AvgIpc) is 3.20. The topological polar surface area (TPSA) is 77.7 Å². The van der Waals surface area contributed by atoms with Crippen LogP contribution in [0.15, 0.2) is 53.1 Å². The smallest absolute Gasteiger partial charge is 0.254 e. The molecular formula is C23H27N3O4. The Kier molecular flexibility index (Phi) is 6.72. The number of amides is 1. The number of methoxy groups -OCH3 is 1. The molecule has 3 aromatic rings. The molecule has 0 radical (unpaired) electrons. The predicted molar refractivity (Wildman–Crippen MR) is 114 cm³/mol. The second kappa shape index (κ2) is 9.43. The highest BCUT2D eigenvalue weighted by Crippen LogP contribution is 2.21. The van der Waals surface area contributed by atoms with Crippen molar-refractivity contribution in [2.75, 3.05) is 7.11 Å². The monoisotopic (exact) mass is 409 g/mol. The summed E-state index contributed by atoms with van der Waals surface area (Å²) in [5.41, 5.74) is 1.39. The van der Waals surface area contributed by atoms with E-state index in [1.54, 1.807) is 36.3 Å². The number of nitrogens with zero attached hydrogens (tertiary/aromatic N) is 3. The van der Waals surface area contributed by atoms with Crippen LogP contribution < -0.4 is 9.47 Å². The summed E-state index contributed by atoms with van der Waals surface area (Å²) in [6.07, 6.45) is 0.0798. The summed E-state index contributed by atoms with van der Waals surface area (Å²) in [4.78, 5) is 19.2. The van der Waals surface area contributed by atoms with Crippen molar-refractivity contribution in [1.29, 1.82) is 0 Å². The standard InChI is InChI=1S/C23H27N3O4/c1-15(2)26(23(27)18-8-12-20(13-9-18)29-16(3)4)14-21-24-22(25-30-21)17-6-10-19(28-5)11-7-17/h6-13,15-16H,14H2,1-5H3. The first-order chi connectivity index (χ1) is 14.4. The lowest BCUT2D eigenvalue weighted by Gasteiger charge is -2.25. The van der Waals surface area contributed by atoms with Gasteiger partial charge in [0, 0.05) is 17.2 Å². The third-order valence-electron chi connectivity index (χ3n) is 4.48. The predicted octanol–water partition coefficient (Wildman–Crippen LogP) is 4.58. The Morgan fingerprint density at radius 1 is 1.00 bits per heavy atom. The first-order valence-corrected chi connectivity index (χ1v) is 9.92. The van der Waals surface area contributed by atoms with Crippen molar-refractivity contribution in [2.45, 2.75) is 46.4 Å². The van der Waals surface area contributed by atoms with Crippen molar-refractivity contribution in [3.63, 3.8) is 0 Å². The molecule has 0 saturated heterocycles. The van der Waals surface area contributed by atoms with Crippen molar-refractivity contribution in [3.05, 3.63) is 60.0 Å². The van der Waals surface area contributed by atoms with E-state index in [1.807, 2.05) is 52.0 Å². The summed E-state index contributed by atoms with van der Waals surface area (Å²) in [6.45, 7) is 8.06. The summed E-state index contributed by atoms with van der Waals surface area (Å²) in [6, 6.07) is 14.5. The SMILES string of the molecule is COc1ccc(-c2noc(CN(C(=O)c3ccc(OC(C)C)cc3)C(C)C)n2)cc1. The van der Waals surface area contributed by atoms with Gasteiger partial charge < -0.3 is 18.9 Å². The molecule has 0 atom stereocenters. The Morgan fingerprint density at radius 2 is 1.63 bits per heavy atom. The van der Waals surface area contributed by atoms with Gasteiger partial charge in [0.15, 0.2) is 0 Å². The lowest BCUT2D eigenvalue weighted by Crippen LogP contribution is -2.36. The summed E-state index contributed by atoms with van der Waals surface area (Å²) in [7, 11) is 1.61. The van der Waals surface area contributed by atoms with Gasteiger partial charge in [-0.25, -0.2) is 0 Å². The van der Waals surface area contributed by atoms with Gasteiger partial charge in [-0.15, -0.1) is 0 Å². The van der Waals surface area contributed by atoms with E-state index < -0.39 is 0 Å². The summed E-state index contributed by atoms with van der Waals surface area (Å²) in [5, 5.41) is 4.04. The number of carbonyl (C=O) groups excluding carboxylic acids is 1. The maximum atomic E-state index is 13.1. The average molecular weight is 409 g/mol. The maximum Gasteiger partial charge on any atom is 0.254 e. The minimum Gasteiger partial charge on any atom is -0.497 e. The minimum atomic E-state index is -0.106. The van der Waals surface area contributed by atoms with Crippen LogP contribution >= 0.6 is 0 Å². The number of carbonyl (C=O) groups is 1. The third kappa shape index (κ3) is 5.17. The summed E-state index contributed by atoms with van der Waals surface area (Å²) in [5.74, 6) is 2.23. The fraction of sp³-hybridized carbons (Fsp3) is 0.348. The molecule has 0 aliphatic carbocycles. The lowest BCUT2D eigenvalue weighted by molar-refractivity contribution is 0.0667. The molecule has 7 heteroatoms. The van der Waals surface area contributed by atoms with Crippen LogP contribution in [0.2, 0.25) is 0 Å². The normalized spacial score (nSPS) is 11.0. The van der Waals surface area contributed by atoms with Gasteiger partial charge in [0.2, 0.25) is 11.7 Å². The number of hydrogen-bond donors (Lipinski definition) is 0. The Morgan fingerprint density at radius 3 is 2.20 bits per heavy atom. The molecule has 158 valence electrons. The van der Waals surface area contributed by atoms with Gasteiger partial charge in [-0.05, 0) is 76.2 Å². The van der Waals surface area contributed by atoms with Crippen LogP contribution in [-0.4, -0.2) is 40.2 Å². The quantitative estimate of drug-likeness (QED) is 0.542. The van der Waals surface area contributed by atoms with E-state index in [0.29, 0.717) is 17.3 Å². The van der Waals surface area contributed by atoms with Crippen molar-refractivity contribution in [1.82, 2.24) is 15.0 Å². The molecule has 0 aliphatic heterocycles. The fourth-order valence-electron chi connectivity index (χ4n) is 2.93. The van der Waals surface area contributed by atoms with E-state index in [0.717, 1.165) is 17.1 Å². The van der Waals surface area contributed by atoms with E-state index in [9.17, 15) is 4.79 Å². The highest BCUT2D eigenvalue weighted by molar-refractivity contribution is 5.94. The summed E-state index contributed by atoms with van der Waals surface area (Å²) >= 11 is 0. The molecule has 0 bridgehead atoms. The van der Waals surface area contributed by atoms with Gasteiger partial charge >= 0.3 is 0 Å². The van der Waals surface area contributed by atoms with Gasteiger partial charge in [0.25, 0.3) is 5.91 Å². The number of ether oxygens (including phenoxy) is 2. The zero-order valence-electron chi connectivity index (χ0n) is 18.0. The Balaban J connectivity index is 1.74. The molecule has 1 amide bonds. The van der Waals surface area contributed by atoms with Crippen LogP contribution in [0.3, 0.4) is 0 Å². The zero-order valence-corrected chi connectivity index (χ0v) is 18.0. The van der Waals surface area contributed by atoms with Crippen LogP contribution in [-0.2, 0) is 6.54 Å². The van der Waals surface area contributed by atoms with Crippen molar-refractivity contribution < 1.29 is 18.8 Å². The van der Waals surface area contributed by atoms with E-state index >= 15 is 0 Å². The molecule has 2 aromatic carbocycles. The molecule has 1 aromatic heterocycles. The van der Waals surface area contributed by atoms with Crippen LogP contribution in [0, 0.1) is 0 Å². The van der Waals surface area contributed by atoms with E-state index in [4.69, 9.17) is 14.0 Å². The number of benzene rings is 2. The maximum absolute atomic E-state index is 13.1. The van der Waals surface area contributed by atoms with Gasteiger partial charge in [0.05, 0.1) is 13.2 Å². The van der Waals surface area contributed by atoms with Gasteiger partial charge in [-0.1, -0.05) is 5.16 Å². The molecule has 30 heavy (non-hydrogen) atoms. The molecule has 0 unspecified atom stereocenters. The number of hydrogen-bond acceptors (Lipinski definition) is 6. The second-order valence-corrected chi connectivity index (χ2v) is 7.46. The second-order valence-electron chi connectivity index (χ2n) is 7.46. The van der Waals surface area contributed by atoms with Crippen LogP contribution in [0.1, 0.15) is 43.9 Å². The molecule has 0 aliphatic rings. The minimum absolute atomic E-state index is 0.0413. The molecule has 0 saturated carbocycles. The van der Waals surface area contributed by atoms with Crippen LogP contribution in [0.4, 0.5) is 0 Å². The van der Waals surface area contributed by atoms with Crippen molar-refractivity contribution in [3.8, 4) is 22.9 Å². The van der Waals surface area contributed by atoms with Gasteiger partial charge in [0.1, 0.15) is 18.0 Å². The Bertz CT molecular complexity index is 963. The third-order valence-corrected chi connectivity index (χ3v) is 4.48. The molecule has 1 heterocycles. The number of rotatable bonds is 8. The van der Waals surface area contributed by atoms with E-state index in [-0.39, 0.29) is 24.6 Å². The zero-order chi connectivity index (χ0) is 21.7. The van der Waals surface area contributed by atoms with Gasteiger partial charge in [-0.2, -0.15) is 4.98 Å². The molecule has 0 fully saturated rings. The first kappa shape index (κ1) is 21.4. The Labute approximate surface area is 176 Å². The van der Waals surface area contributed by atoms with Crippen LogP contribution in [0.5, 0.6) is 11.5 Å². The highest BCUT2D eigenvalue weighted by atomic mass is 16.5. The molecule has 0 N–H and O–H groups in total. The van der Waals surface area contributed by atoms with Crippen LogP contribution in [0.25, 0.3) is 11.4 Å². The highest BCUT2D eigenvalue weighted by Gasteiger charge is 2.22. The fourth-order valence-corrected chi connectivity index (χ4v) is 2.93. The number of aromatic nitrogens is 2. The van der Waals surface area contributed by atoms with Crippen molar-refractivity contribution >= 4 is 5.91 Å². The molecule has 0 spiro atoms. The Hall–Kier alpha value is -3.35. The summed E-state index contributed by atoms with van der Waals surface area (Å²) < 4.78 is 16.2. The first-order valence-electron chi connectivity index (χ1n) is 9.92. The molecule has 3 rings (SSSR count).